The number of hydrogen-bond donors (Lipinski definition) is 2. The van der Waals surface area contributed by atoms with E-state index >= 15 is 0 Å². The highest BCUT2D eigenvalue weighted by Gasteiger charge is 2.35. The lowest BCUT2D eigenvalue weighted by Crippen LogP contribution is -2.40. The molecular weight excluding hydrogens is 250 g/mol. The van der Waals surface area contributed by atoms with Crippen LogP contribution >= 0.6 is 0 Å². The van der Waals surface area contributed by atoms with Crippen LogP contribution in [-0.4, -0.2) is 30.2 Å². The van der Waals surface area contributed by atoms with Gasteiger partial charge in [-0.1, -0.05) is 13.3 Å². The molecule has 1 fully saturated rings. The van der Waals surface area contributed by atoms with Crippen LogP contribution in [-0.2, 0) is 5.41 Å². The number of H-pyrrole nitrogens is 1. The maximum atomic E-state index is 5.29. The monoisotopic (exact) mass is 273 g/mol. The van der Waals surface area contributed by atoms with Crippen molar-refractivity contribution in [3.05, 3.63) is 24.0 Å². The topological polar surface area (TPSA) is 49.9 Å². The maximum absolute atomic E-state index is 5.29. The van der Waals surface area contributed by atoms with Gasteiger partial charge in [-0.2, -0.15) is 0 Å². The third kappa shape index (κ3) is 2.29. The second kappa shape index (κ2) is 5.44. The SMILES string of the molecule is CCCC1(c2nc3ccc(OC)cc3[nH]2)CCNCC1. The molecule has 0 spiro atoms. The third-order valence-electron chi connectivity index (χ3n) is 4.48. The van der Waals surface area contributed by atoms with Gasteiger partial charge in [0, 0.05) is 11.5 Å². The van der Waals surface area contributed by atoms with E-state index in [9.17, 15) is 0 Å². The van der Waals surface area contributed by atoms with Crippen molar-refractivity contribution in [2.45, 2.75) is 38.0 Å². The van der Waals surface area contributed by atoms with Crippen molar-refractivity contribution in [1.82, 2.24) is 15.3 Å². The molecule has 4 nitrogen and oxygen atoms in total. The maximum Gasteiger partial charge on any atom is 0.121 e. The van der Waals surface area contributed by atoms with Crippen LogP contribution in [0.2, 0.25) is 0 Å². The van der Waals surface area contributed by atoms with Crippen LogP contribution in [0.1, 0.15) is 38.4 Å². The van der Waals surface area contributed by atoms with Crippen LogP contribution < -0.4 is 10.1 Å². The summed E-state index contributed by atoms with van der Waals surface area (Å²) in [4.78, 5) is 8.41. The Morgan fingerprint density at radius 3 is 2.80 bits per heavy atom. The predicted octanol–water partition coefficient (Wildman–Crippen LogP) is 2.99. The molecule has 1 aromatic heterocycles. The van der Waals surface area contributed by atoms with Crippen LogP contribution in [0.4, 0.5) is 0 Å². The Morgan fingerprint density at radius 1 is 1.30 bits per heavy atom. The summed E-state index contributed by atoms with van der Waals surface area (Å²) in [5.41, 5.74) is 2.33. The molecule has 3 rings (SSSR count). The fourth-order valence-electron chi connectivity index (χ4n) is 3.36. The first-order chi connectivity index (χ1) is 9.77. The Labute approximate surface area is 119 Å². The van der Waals surface area contributed by atoms with Crippen LogP contribution in [0.25, 0.3) is 11.0 Å². The highest BCUT2D eigenvalue weighted by Crippen LogP contribution is 2.37. The van der Waals surface area contributed by atoms with Crippen molar-refractivity contribution in [2.24, 2.45) is 0 Å². The molecule has 1 aromatic carbocycles. The van der Waals surface area contributed by atoms with Crippen molar-refractivity contribution < 1.29 is 4.74 Å². The average Bonchev–Trinajstić information content (AvgIpc) is 2.92. The number of imidazole rings is 1. The Bertz CT molecular complexity index is 579. The summed E-state index contributed by atoms with van der Waals surface area (Å²) >= 11 is 0. The highest BCUT2D eigenvalue weighted by atomic mass is 16.5. The van der Waals surface area contributed by atoms with E-state index in [2.05, 4.69) is 17.2 Å². The zero-order valence-corrected chi connectivity index (χ0v) is 12.3. The molecule has 2 heterocycles. The van der Waals surface area contributed by atoms with Gasteiger partial charge in [0.05, 0.1) is 18.1 Å². The molecule has 0 atom stereocenters. The summed E-state index contributed by atoms with van der Waals surface area (Å²) < 4.78 is 5.29. The number of rotatable bonds is 4. The number of hydrogen-bond acceptors (Lipinski definition) is 3. The van der Waals surface area contributed by atoms with Crippen molar-refractivity contribution in [1.29, 1.82) is 0 Å². The van der Waals surface area contributed by atoms with E-state index in [1.54, 1.807) is 7.11 Å². The lowest BCUT2D eigenvalue weighted by atomic mass is 9.75. The van der Waals surface area contributed by atoms with E-state index in [1.807, 2.05) is 18.2 Å². The molecule has 0 aliphatic carbocycles. The van der Waals surface area contributed by atoms with E-state index in [-0.39, 0.29) is 5.41 Å². The minimum atomic E-state index is 0.215. The fourth-order valence-corrected chi connectivity index (χ4v) is 3.36. The number of methoxy groups -OCH3 is 1. The number of aromatic amines is 1. The zero-order valence-electron chi connectivity index (χ0n) is 12.3. The van der Waals surface area contributed by atoms with Gasteiger partial charge in [-0.3, -0.25) is 0 Å². The Hall–Kier alpha value is -1.55. The molecule has 20 heavy (non-hydrogen) atoms. The van der Waals surface area contributed by atoms with Gasteiger partial charge in [0.1, 0.15) is 11.6 Å². The molecule has 108 valence electrons. The summed E-state index contributed by atoms with van der Waals surface area (Å²) in [7, 11) is 1.70. The van der Waals surface area contributed by atoms with E-state index in [0.29, 0.717) is 0 Å². The second-order valence-corrected chi connectivity index (χ2v) is 5.75. The molecule has 4 heteroatoms. The molecule has 1 saturated heterocycles. The number of aromatic nitrogens is 2. The fraction of sp³-hybridized carbons (Fsp3) is 0.562. The lowest BCUT2D eigenvalue weighted by Gasteiger charge is -2.35. The first kappa shape index (κ1) is 13.4. The number of nitrogens with one attached hydrogen (secondary N) is 2. The summed E-state index contributed by atoms with van der Waals surface area (Å²) in [6.45, 7) is 4.43. The molecule has 0 unspecified atom stereocenters. The first-order valence-corrected chi connectivity index (χ1v) is 7.52. The Morgan fingerprint density at radius 2 is 2.10 bits per heavy atom. The van der Waals surface area contributed by atoms with Crippen molar-refractivity contribution >= 4 is 11.0 Å². The van der Waals surface area contributed by atoms with Gasteiger partial charge in [-0.15, -0.1) is 0 Å². The minimum absolute atomic E-state index is 0.215. The molecule has 0 amide bonds. The number of fused-ring (bicyclic) bond motifs is 1. The highest BCUT2D eigenvalue weighted by molar-refractivity contribution is 5.77. The largest absolute Gasteiger partial charge is 0.497 e. The average molecular weight is 273 g/mol. The molecule has 1 aliphatic heterocycles. The lowest BCUT2D eigenvalue weighted by molar-refractivity contribution is 0.273. The zero-order chi connectivity index (χ0) is 14.0. The van der Waals surface area contributed by atoms with Gasteiger partial charge in [0.25, 0.3) is 0 Å². The van der Waals surface area contributed by atoms with Gasteiger partial charge in [-0.25, -0.2) is 4.98 Å². The van der Waals surface area contributed by atoms with E-state index < -0.39 is 0 Å². The van der Waals surface area contributed by atoms with Gasteiger partial charge in [-0.05, 0) is 44.5 Å². The number of nitrogens with zero attached hydrogens (tertiary/aromatic N) is 1. The van der Waals surface area contributed by atoms with Crippen molar-refractivity contribution in [2.75, 3.05) is 20.2 Å². The normalized spacial score (nSPS) is 18.3. The summed E-state index contributed by atoms with van der Waals surface area (Å²) in [5.74, 6) is 2.03. The van der Waals surface area contributed by atoms with E-state index in [0.717, 1.165) is 48.5 Å². The van der Waals surface area contributed by atoms with Gasteiger partial charge in [0.15, 0.2) is 0 Å². The standard InChI is InChI=1S/C16H23N3O/c1-3-6-16(7-9-17-10-8-16)15-18-13-5-4-12(20-2)11-14(13)19-15/h4-5,11,17H,3,6-10H2,1-2H3,(H,18,19). The van der Waals surface area contributed by atoms with E-state index in [4.69, 9.17) is 9.72 Å². The van der Waals surface area contributed by atoms with Gasteiger partial charge >= 0.3 is 0 Å². The Balaban J connectivity index is 2.02. The number of benzene rings is 1. The van der Waals surface area contributed by atoms with Gasteiger partial charge < -0.3 is 15.0 Å². The van der Waals surface area contributed by atoms with Crippen LogP contribution in [0.3, 0.4) is 0 Å². The summed E-state index contributed by atoms with van der Waals surface area (Å²) in [6, 6.07) is 6.04. The van der Waals surface area contributed by atoms with Crippen molar-refractivity contribution in [3.8, 4) is 5.75 Å². The molecule has 1 aliphatic rings. The summed E-state index contributed by atoms with van der Waals surface area (Å²) in [5, 5.41) is 3.46. The summed E-state index contributed by atoms with van der Waals surface area (Å²) in [6.07, 6.45) is 4.72. The Kier molecular flexibility index (Phi) is 3.66. The van der Waals surface area contributed by atoms with Crippen LogP contribution in [0, 0.1) is 0 Å². The smallest absolute Gasteiger partial charge is 0.121 e. The predicted molar refractivity (Wildman–Crippen MR) is 81.3 cm³/mol. The number of ether oxygens (including phenoxy) is 1. The van der Waals surface area contributed by atoms with Gasteiger partial charge in [0.2, 0.25) is 0 Å². The van der Waals surface area contributed by atoms with Crippen LogP contribution in [0.5, 0.6) is 5.75 Å². The van der Waals surface area contributed by atoms with E-state index in [1.165, 1.54) is 12.8 Å². The molecule has 2 N–H and O–H groups in total. The second-order valence-electron chi connectivity index (χ2n) is 5.75. The molecule has 0 bridgehead atoms. The molecule has 0 radical (unpaired) electrons. The third-order valence-corrected chi connectivity index (χ3v) is 4.48. The van der Waals surface area contributed by atoms with Crippen molar-refractivity contribution in [3.63, 3.8) is 0 Å². The minimum Gasteiger partial charge on any atom is -0.497 e. The molecular formula is C16H23N3O. The molecule has 0 saturated carbocycles. The van der Waals surface area contributed by atoms with Crippen LogP contribution in [0.15, 0.2) is 18.2 Å². The quantitative estimate of drug-likeness (QED) is 0.900. The first-order valence-electron chi connectivity index (χ1n) is 7.52. The molecule has 2 aromatic rings. The number of piperidine rings is 1.